The molecule has 130 valence electrons. The largest absolute Gasteiger partial charge is 0.367 e. The fraction of sp³-hybridized carbons (Fsp3) is 0.389. The second-order valence-corrected chi connectivity index (χ2v) is 6.25. The van der Waals surface area contributed by atoms with E-state index in [1.54, 1.807) is 12.1 Å². The summed E-state index contributed by atoms with van der Waals surface area (Å²) in [6, 6.07) is 10.9. The number of benzene rings is 1. The summed E-state index contributed by atoms with van der Waals surface area (Å²) < 4.78 is 2.60. The van der Waals surface area contributed by atoms with Crippen molar-refractivity contribution in [2.24, 2.45) is 7.05 Å². The Balaban J connectivity index is 2.01. The molecule has 2 heterocycles. The molecule has 0 amide bonds. The van der Waals surface area contributed by atoms with E-state index in [0.29, 0.717) is 11.4 Å². The quantitative estimate of drug-likeness (QED) is 0.852. The van der Waals surface area contributed by atoms with Gasteiger partial charge in [-0.1, -0.05) is 18.2 Å². The molecule has 1 aromatic carbocycles. The molecule has 3 rings (SSSR count). The lowest BCUT2D eigenvalue weighted by molar-refractivity contribution is 0.475. The molecule has 7 heteroatoms. The van der Waals surface area contributed by atoms with E-state index in [2.05, 4.69) is 16.7 Å². The van der Waals surface area contributed by atoms with Gasteiger partial charge in [0.1, 0.15) is 5.82 Å². The first kappa shape index (κ1) is 17.0. The molecule has 1 unspecified atom stereocenters. The Bertz CT molecular complexity index is 916. The molecule has 1 atom stereocenters. The molecule has 0 saturated carbocycles. The van der Waals surface area contributed by atoms with Crippen LogP contribution in [-0.4, -0.2) is 28.3 Å². The van der Waals surface area contributed by atoms with Crippen LogP contribution < -0.4 is 21.9 Å². The number of hydrogen-bond acceptors (Lipinski definition) is 5. The highest BCUT2D eigenvalue weighted by Crippen LogP contribution is 2.14. The molecule has 0 radical (unpaired) electrons. The summed E-state index contributed by atoms with van der Waals surface area (Å²) in [7, 11) is 1.46. The molecule has 2 aromatic rings. The average Bonchev–Trinajstić information content (AvgIpc) is 2.64. The highest BCUT2D eigenvalue weighted by Gasteiger charge is 2.17. The van der Waals surface area contributed by atoms with Gasteiger partial charge in [-0.25, -0.2) is 4.79 Å². The molecular formula is C18H21N5O2. The summed E-state index contributed by atoms with van der Waals surface area (Å²) in [4.78, 5) is 24.7. The van der Waals surface area contributed by atoms with Crippen LogP contribution in [0.25, 0.3) is 0 Å². The summed E-state index contributed by atoms with van der Waals surface area (Å²) >= 11 is 0. The van der Waals surface area contributed by atoms with Crippen LogP contribution in [0.4, 0.5) is 5.82 Å². The number of aromatic nitrogens is 2. The number of nitrogens with one attached hydrogen (secondary N) is 2. The fourth-order valence-electron chi connectivity index (χ4n) is 3.06. The summed E-state index contributed by atoms with van der Waals surface area (Å²) in [5.74, 6) is 0.495. The fourth-order valence-corrected chi connectivity index (χ4v) is 3.06. The Morgan fingerprint density at radius 3 is 2.88 bits per heavy atom. The normalized spacial score (nSPS) is 17.0. The second-order valence-electron chi connectivity index (χ2n) is 6.25. The lowest BCUT2D eigenvalue weighted by atomic mass is 10.1. The highest BCUT2D eigenvalue weighted by atomic mass is 16.2. The Morgan fingerprint density at radius 1 is 1.36 bits per heavy atom. The van der Waals surface area contributed by atoms with Crippen LogP contribution in [0, 0.1) is 11.3 Å². The van der Waals surface area contributed by atoms with Crippen molar-refractivity contribution in [3.05, 3.63) is 62.3 Å². The van der Waals surface area contributed by atoms with E-state index in [1.165, 1.54) is 17.7 Å². The molecule has 1 aliphatic heterocycles. The zero-order chi connectivity index (χ0) is 17.8. The number of nitriles is 1. The summed E-state index contributed by atoms with van der Waals surface area (Å²) in [6.45, 7) is 2.01. The Morgan fingerprint density at radius 2 is 2.16 bits per heavy atom. The van der Waals surface area contributed by atoms with Crippen molar-refractivity contribution in [2.45, 2.75) is 25.4 Å². The highest BCUT2D eigenvalue weighted by molar-refractivity contribution is 5.41. The van der Waals surface area contributed by atoms with Crippen LogP contribution in [0.3, 0.4) is 0 Å². The summed E-state index contributed by atoms with van der Waals surface area (Å²) in [5.41, 5.74) is 0.525. The molecule has 25 heavy (non-hydrogen) atoms. The van der Waals surface area contributed by atoms with Crippen molar-refractivity contribution in [1.82, 2.24) is 14.5 Å². The first-order valence-electron chi connectivity index (χ1n) is 8.36. The van der Waals surface area contributed by atoms with E-state index in [-0.39, 0.29) is 18.1 Å². The Kier molecular flexibility index (Phi) is 5.00. The van der Waals surface area contributed by atoms with Crippen molar-refractivity contribution in [1.29, 1.82) is 5.26 Å². The van der Waals surface area contributed by atoms with Crippen molar-refractivity contribution >= 4 is 5.82 Å². The van der Waals surface area contributed by atoms with Crippen LogP contribution >= 0.6 is 0 Å². The van der Waals surface area contributed by atoms with Crippen molar-refractivity contribution in [2.75, 3.05) is 18.4 Å². The van der Waals surface area contributed by atoms with E-state index < -0.39 is 5.69 Å². The lowest BCUT2D eigenvalue weighted by Gasteiger charge is -2.26. The molecule has 1 aliphatic rings. The maximum atomic E-state index is 12.6. The van der Waals surface area contributed by atoms with Gasteiger partial charge in [0.05, 0.1) is 18.2 Å². The van der Waals surface area contributed by atoms with E-state index in [4.69, 9.17) is 0 Å². The molecule has 0 bridgehead atoms. The van der Waals surface area contributed by atoms with Crippen LogP contribution in [0.15, 0.2) is 39.9 Å². The number of anilines is 1. The van der Waals surface area contributed by atoms with Gasteiger partial charge in [-0.2, -0.15) is 5.26 Å². The maximum Gasteiger partial charge on any atom is 0.332 e. The third-order valence-corrected chi connectivity index (χ3v) is 4.51. The molecule has 2 N–H and O–H groups in total. The number of hydrogen-bond donors (Lipinski definition) is 2. The second kappa shape index (κ2) is 7.36. The zero-order valence-corrected chi connectivity index (χ0v) is 14.2. The van der Waals surface area contributed by atoms with Crippen LogP contribution in [0.5, 0.6) is 0 Å². The van der Waals surface area contributed by atoms with E-state index in [9.17, 15) is 14.9 Å². The molecule has 1 aromatic heterocycles. The Hall–Kier alpha value is -2.85. The molecule has 7 nitrogen and oxygen atoms in total. The maximum absolute atomic E-state index is 12.6. The molecule has 1 saturated heterocycles. The predicted molar refractivity (Wildman–Crippen MR) is 95.7 cm³/mol. The van der Waals surface area contributed by atoms with Gasteiger partial charge in [0.25, 0.3) is 5.56 Å². The van der Waals surface area contributed by atoms with Gasteiger partial charge >= 0.3 is 5.69 Å². The first-order chi connectivity index (χ1) is 12.1. The topological polar surface area (TPSA) is 91.8 Å². The monoisotopic (exact) mass is 339 g/mol. The van der Waals surface area contributed by atoms with Crippen molar-refractivity contribution < 1.29 is 0 Å². The van der Waals surface area contributed by atoms with Gasteiger partial charge in [0.15, 0.2) is 0 Å². The minimum atomic E-state index is -0.397. The average molecular weight is 339 g/mol. The molecular weight excluding hydrogens is 318 g/mol. The standard InChI is InChI=1S/C18H21N5O2/c1-22-17(24)9-16(21-15-7-4-8-20-11-15)23(18(22)25)12-14-6-3-2-5-13(14)10-19/h2-3,5-6,9,15,20-21H,4,7-8,11-12H2,1H3. The predicted octanol–water partition coefficient (Wildman–Crippen LogP) is 0.631. The zero-order valence-electron chi connectivity index (χ0n) is 14.2. The van der Waals surface area contributed by atoms with Gasteiger partial charge in [-0.15, -0.1) is 0 Å². The van der Waals surface area contributed by atoms with E-state index in [1.807, 2.05) is 12.1 Å². The van der Waals surface area contributed by atoms with E-state index in [0.717, 1.165) is 36.1 Å². The number of nitrogens with zero attached hydrogens (tertiary/aromatic N) is 3. The SMILES string of the molecule is Cn1c(=O)cc(NC2CCCNC2)n(Cc2ccccc2C#N)c1=O. The Labute approximate surface area is 145 Å². The van der Waals surface area contributed by atoms with Crippen LogP contribution in [0.2, 0.25) is 0 Å². The van der Waals surface area contributed by atoms with Gasteiger partial charge in [-0.3, -0.25) is 13.9 Å². The summed E-state index contributed by atoms with van der Waals surface area (Å²) in [6.07, 6.45) is 2.02. The van der Waals surface area contributed by atoms with Gasteiger partial charge in [0, 0.05) is 25.7 Å². The third-order valence-electron chi connectivity index (χ3n) is 4.51. The summed E-state index contributed by atoms with van der Waals surface area (Å²) in [5, 5.41) is 15.9. The van der Waals surface area contributed by atoms with Crippen LogP contribution in [0.1, 0.15) is 24.0 Å². The minimum absolute atomic E-state index is 0.165. The van der Waals surface area contributed by atoms with Gasteiger partial charge < -0.3 is 10.6 Å². The minimum Gasteiger partial charge on any atom is -0.367 e. The molecule has 1 fully saturated rings. The molecule has 0 aliphatic carbocycles. The van der Waals surface area contributed by atoms with E-state index >= 15 is 0 Å². The first-order valence-corrected chi connectivity index (χ1v) is 8.36. The lowest BCUT2D eigenvalue weighted by Crippen LogP contribution is -2.43. The van der Waals surface area contributed by atoms with Crippen molar-refractivity contribution in [3.8, 4) is 6.07 Å². The third kappa shape index (κ3) is 3.64. The molecule has 0 spiro atoms. The van der Waals surface area contributed by atoms with Crippen LogP contribution in [-0.2, 0) is 13.6 Å². The van der Waals surface area contributed by atoms with Gasteiger partial charge in [-0.05, 0) is 31.0 Å². The smallest absolute Gasteiger partial charge is 0.332 e. The van der Waals surface area contributed by atoms with Gasteiger partial charge in [0.2, 0.25) is 0 Å². The van der Waals surface area contributed by atoms with Crippen molar-refractivity contribution in [3.63, 3.8) is 0 Å². The number of rotatable bonds is 4. The number of piperidine rings is 1.